The van der Waals surface area contributed by atoms with Gasteiger partial charge in [-0.05, 0) is 31.3 Å². The van der Waals surface area contributed by atoms with Crippen LogP contribution in [-0.4, -0.2) is 19.6 Å². The highest BCUT2D eigenvalue weighted by Crippen LogP contribution is 2.16. The summed E-state index contributed by atoms with van der Waals surface area (Å²) < 4.78 is 0. The van der Waals surface area contributed by atoms with E-state index in [-0.39, 0.29) is 0 Å². The lowest BCUT2D eigenvalue weighted by atomic mass is 9.88. The summed E-state index contributed by atoms with van der Waals surface area (Å²) in [7, 11) is 0. The van der Waals surface area contributed by atoms with Crippen LogP contribution < -0.4 is 11.1 Å². The molecule has 13 heavy (non-hydrogen) atoms. The second kappa shape index (κ2) is 10.0. The highest BCUT2D eigenvalue weighted by Gasteiger charge is 2.18. The van der Waals surface area contributed by atoms with Gasteiger partial charge in [0.25, 0.3) is 0 Å². The fourth-order valence-electron chi connectivity index (χ4n) is 0.908. The van der Waals surface area contributed by atoms with E-state index in [9.17, 15) is 0 Å². The molecule has 2 nitrogen and oxygen atoms in total. The summed E-state index contributed by atoms with van der Waals surface area (Å²) >= 11 is 0. The van der Waals surface area contributed by atoms with E-state index in [4.69, 9.17) is 5.73 Å². The molecule has 0 heterocycles. The van der Waals surface area contributed by atoms with Gasteiger partial charge < -0.3 is 11.1 Å². The SMILES string of the molecule is CC.CCCNCC(C)(CC)CN. The first-order valence-electron chi connectivity index (χ1n) is 5.59. The zero-order valence-corrected chi connectivity index (χ0v) is 10.1. The van der Waals surface area contributed by atoms with Crippen LogP contribution in [0.4, 0.5) is 0 Å². The van der Waals surface area contributed by atoms with E-state index in [2.05, 4.69) is 26.1 Å². The van der Waals surface area contributed by atoms with Gasteiger partial charge in [-0.1, -0.05) is 34.6 Å². The van der Waals surface area contributed by atoms with E-state index in [0.29, 0.717) is 5.41 Å². The van der Waals surface area contributed by atoms with Crippen molar-refractivity contribution in [3.8, 4) is 0 Å². The Morgan fingerprint density at radius 2 is 1.77 bits per heavy atom. The highest BCUT2D eigenvalue weighted by atomic mass is 14.9. The molecule has 0 spiro atoms. The lowest BCUT2D eigenvalue weighted by Crippen LogP contribution is -2.37. The first-order valence-corrected chi connectivity index (χ1v) is 5.59. The van der Waals surface area contributed by atoms with Crippen LogP contribution in [0.2, 0.25) is 0 Å². The summed E-state index contributed by atoms with van der Waals surface area (Å²) in [6.45, 7) is 13.5. The average Bonchev–Trinajstić information content (AvgIpc) is 2.21. The van der Waals surface area contributed by atoms with Gasteiger partial charge in [-0.15, -0.1) is 0 Å². The molecule has 0 aromatic rings. The van der Waals surface area contributed by atoms with Crippen LogP contribution in [-0.2, 0) is 0 Å². The number of nitrogens with two attached hydrogens (primary N) is 1. The maximum absolute atomic E-state index is 5.66. The molecule has 2 heteroatoms. The fraction of sp³-hybridized carbons (Fsp3) is 1.00. The summed E-state index contributed by atoms with van der Waals surface area (Å²) in [6, 6.07) is 0. The zero-order chi connectivity index (χ0) is 10.7. The molecule has 0 aliphatic carbocycles. The van der Waals surface area contributed by atoms with Gasteiger partial charge >= 0.3 is 0 Å². The smallest absolute Gasteiger partial charge is 0.00171 e. The summed E-state index contributed by atoms with van der Waals surface area (Å²) in [5, 5.41) is 3.40. The molecular weight excluding hydrogens is 160 g/mol. The fourth-order valence-corrected chi connectivity index (χ4v) is 0.908. The molecule has 0 rings (SSSR count). The standard InChI is InChI=1S/C9H22N2.C2H6/c1-4-6-11-8-9(3,5-2)7-10;1-2/h11H,4-8,10H2,1-3H3;1-2H3. The third-order valence-electron chi connectivity index (χ3n) is 2.32. The molecule has 0 radical (unpaired) electrons. The van der Waals surface area contributed by atoms with Crippen molar-refractivity contribution in [2.75, 3.05) is 19.6 Å². The second-order valence-corrected chi connectivity index (χ2v) is 3.55. The van der Waals surface area contributed by atoms with Crippen molar-refractivity contribution in [2.24, 2.45) is 11.1 Å². The van der Waals surface area contributed by atoms with E-state index >= 15 is 0 Å². The van der Waals surface area contributed by atoms with Gasteiger partial charge in [0.1, 0.15) is 0 Å². The van der Waals surface area contributed by atoms with Crippen LogP contribution >= 0.6 is 0 Å². The summed E-state index contributed by atoms with van der Waals surface area (Å²) in [5.41, 5.74) is 5.96. The van der Waals surface area contributed by atoms with Gasteiger partial charge in [-0.2, -0.15) is 0 Å². The molecule has 0 saturated carbocycles. The molecule has 0 aromatic heterocycles. The van der Waals surface area contributed by atoms with Crippen molar-refractivity contribution < 1.29 is 0 Å². The zero-order valence-electron chi connectivity index (χ0n) is 10.1. The number of nitrogens with one attached hydrogen (secondary N) is 1. The van der Waals surface area contributed by atoms with E-state index < -0.39 is 0 Å². The van der Waals surface area contributed by atoms with E-state index in [1.807, 2.05) is 13.8 Å². The van der Waals surface area contributed by atoms with Crippen LogP contribution in [0.5, 0.6) is 0 Å². The summed E-state index contributed by atoms with van der Waals surface area (Å²) in [5.74, 6) is 0. The van der Waals surface area contributed by atoms with Gasteiger partial charge in [0.15, 0.2) is 0 Å². The molecule has 0 saturated heterocycles. The van der Waals surface area contributed by atoms with Crippen molar-refractivity contribution >= 4 is 0 Å². The quantitative estimate of drug-likeness (QED) is 0.628. The maximum atomic E-state index is 5.66. The molecule has 3 N–H and O–H groups in total. The molecular formula is C11H28N2. The largest absolute Gasteiger partial charge is 0.330 e. The van der Waals surface area contributed by atoms with Crippen molar-refractivity contribution in [1.29, 1.82) is 0 Å². The van der Waals surface area contributed by atoms with Crippen LogP contribution in [0.3, 0.4) is 0 Å². The average molecular weight is 188 g/mol. The molecule has 0 bridgehead atoms. The molecule has 82 valence electrons. The molecule has 0 aliphatic rings. The Bertz CT molecular complexity index is 88.1. The van der Waals surface area contributed by atoms with Crippen LogP contribution in [0.1, 0.15) is 47.5 Å². The lowest BCUT2D eigenvalue weighted by molar-refractivity contribution is 0.304. The second-order valence-electron chi connectivity index (χ2n) is 3.55. The van der Waals surface area contributed by atoms with Gasteiger partial charge in [0, 0.05) is 6.54 Å². The van der Waals surface area contributed by atoms with Gasteiger partial charge in [0.05, 0.1) is 0 Å². The van der Waals surface area contributed by atoms with Crippen molar-refractivity contribution in [1.82, 2.24) is 5.32 Å². The minimum absolute atomic E-state index is 0.301. The Hall–Kier alpha value is -0.0800. The van der Waals surface area contributed by atoms with E-state index in [1.54, 1.807) is 0 Å². The number of rotatable bonds is 6. The first-order chi connectivity index (χ1) is 6.18. The van der Waals surface area contributed by atoms with Crippen molar-refractivity contribution in [2.45, 2.75) is 47.5 Å². The van der Waals surface area contributed by atoms with Crippen molar-refractivity contribution in [3.05, 3.63) is 0 Å². The van der Waals surface area contributed by atoms with Crippen LogP contribution in [0, 0.1) is 5.41 Å². The molecule has 0 aromatic carbocycles. The first kappa shape index (κ1) is 15.4. The third kappa shape index (κ3) is 8.26. The molecule has 1 atom stereocenters. The summed E-state index contributed by atoms with van der Waals surface area (Å²) in [4.78, 5) is 0. The Kier molecular flexibility index (Phi) is 11.8. The number of hydrogen-bond acceptors (Lipinski definition) is 2. The van der Waals surface area contributed by atoms with Crippen LogP contribution in [0.15, 0.2) is 0 Å². The Morgan fingerprint density at radius 1 is 1.23 bits per heavy atom. The molecule has 0 fully saturated rings. The molecule has 0 aliphatic heterocycles. The number of hydrogen-bond donors (Lipinski definition) is 2. The molecule has 1 unspecified atom stereocenters. The predicted molar refractivity (Wildman–Crippen MR) is 62.0 cm³/mol. The van der Waals surface area contributed by atoms with Gasteiger partial charge in [0.2, 0.25) is 0 Å². The Morgan fingerprint density at radius 3 is 2.08 bits per heavy atom. The highest BCUT2D eigenvalue weighted by molar-refractivity contribution is 4.75. The van der Waals surface area contributed by atoms with E-state index in [1.165, 1.54) is 6.42 Å². The normalized spacial score (nSPS) is 14.3. The lowest BCUT2D eigenvalue weighted by Gasteiger charge is -2.26. The minimum Gasteiger partial charge on any atom is -0.330 e. The van der Waals surface area contributed by atoms with E-state index in [0.717, 1.165) is 26.1 Å². The Labute approximate surface area is 84.3 Å². The third-order valence-corrected chi connectivity index (χ3v) is 2.32. The van der Waals surface area contributed by atoms with Crippen molar-refractivity contribution in [3.63, 3.8) is 0 Å². The minimum atomic E-state index is 0.301. The monoisotopic (exact) mass is 188 g/mol. The van der Waals surface area contributed by atoms with Crippen LogP contribution in [0.25, 0.3) is 0 Å². The maximum Gasteiger partial charge on any atom is 0.00171 e. The molecule has 0 amide bonds. The van der Waals surface area contributed by atoms with Gasteiger partial charge in [-0.25, -0.2) is 0 Å². The summed E-state index contributed by atoms with van der Waals surface area (Å²) in [6.07, 6.45) is 2.35. The Balaban J connectivity index is 0. The topological polar surface area (TPSA) is 38.0 Å². The predicted octanol–water partition coefficient (Wildman–Crippen LogP) is 2.39. The van der Waals surface area contributed by atoms with Gasteiger partial charge in [-0.3, -0.25) is 0 Å².